The fourth-order valence-electron chi connectivity index (χ4n) is 0.944. The van der Waals surface area contributed by atoms with Gasteiger partial charge in [0, 0.05) is 13.7 Å². The second kappa shape index (κ2) is 5.39. The van der Waals surface area contributed by atoms with E-state index < -0.39 is 22.1 Å². The molecule has 1 atom stereocenters. The Morgan fingerprint density at radius 2 is 2.38 bits per heavy atom. The summed E-state index contributed by atoms with van der Waals surface area (Å²) in [5.74, 6) is -1.21. The second-order valence-corrected chi connectivity index (χ2v) is 5.79. The van der Waals surface area contributed by atoms with Crippen LogP contribution in [0.25, 0.3) is 0 Å². The molecule has 0 bridgehead atoms. The summed E-state index contributed by atoms with van der Waals surface area (Å²) in [5, 5.41) is 10.3. The van der Waals surface area contributed by atoms with Gasteiger partial charge >= 0.3 is 5.97 Å². The summed E-state index contributed by atoms with van der Waals surface area (Å²) in [6, 6.07) is 3.04. The lowest BCUT2D eigenvalue weighted by molar-refractivity contribution is -0.147. The quantitative estimate of drug-likeness (QED) is 0.762. The first-order valence-electron chi connectivity index (χ1n) is 4.26. The molecule has 0 radical (unpaired) electrons. The Balaban J connectivity index is 2.65. The highest BCUT2D eigenvalue weighted by atomic mass is 32.2. The molecule has 0 spiro atoms. The van der Waals surface area contributed by atoms with Crippen LogP contribution in [0.1, 0.15) is 0 Å². The maximum atomic E-state index is 11.6. The molecule has 1 unspecified atom stereocenters. The van der Waals surface area contributed by atoms with Gasteiger partial charge in [0.15, 0.2) is 6.10 Å². The summed E-state index contributed by atoms with van der Waals surface area (Å²) in [7, 11) is -2.42. The number of aliphatic carboxylic acids is 1. The van der Waals surface area contributed by atoms with E-state index in [0.29, 0.717) is 0 Å². The number of carbonyl (C=O) groups is 1. The minimum Gasteiger partial charge on any atom is -0.479 e. The number of hydrogen-bond acceptors (Lipinski definition) is 5. The lowest BCUT2D eigenvalue weighted by atomic mass is 10.4. The van der Waals surface area contributed by atoms with Gasteiger partial charge in [0.2, 0.25) is 10.0 Å². The highest BCUT2D eigenvalue weighted by Gasteiger charge is 2.21. The van der Waals surface area contributed by atoms with Gasteiger partial charge < -0.3 is 9.84 Å². The van der Waals surface area contributed by atoms with Gasteiger partial charge in [-0.2, -0.15) is 0 Å². The van der Waals surface area contributed by atoms with Crippen molar-refractivity contribution in [2.75, 3.05) is 13.7 Å². The van der Waals surface area contributed by atoms with Gasteiger partial charge in [-0.3, -0.25) is 0 Å². The van der Waals surface area contributed by atoms with Crippen LogP contribution in [0, 0.1) is 0 Å². The number of methoxy groups -OCH3 is 1. The predicted molar refractivity (Wildman–Crippen MR) is 57.9 cm³/mol. The van der Waals surface area contributed by atoms with E-state index in [4.69, 9.17) is 5.11 Å². The molecule has 0 aliphatic rings. The van der Waals surface area contributed by atoms with Crippen LogP contribution in [0.4, 0.5) is 0 Å². The molecule has 8 heteroatoms. The standard InChI is InChI=1S/C8H11NO5S2/c1-14-6(8(10)11)5-9-16(12,13)7-3-2-4-15-7/h2-4,6,9H,5H2,1H3,(H,10,11). The first-order chi connectivity index (χ1) is 7.47. The van der Waals surface area contributed by atoms with E-state index in [1.54, 1.807) is 11.4 Å². The fraction of sp³-hybridized carbons (Fsp3) is 0.375. The Hall–Kier alpha value is -0.960. The van der Waals surface area contributed by atoms with Crippen molar-refractivity contribution in [1.82, 2.24) is 4.72 Å². The summed E-state index contributed by atoms with van der Waals surface area (Å²) >= 11 is 1.06. The van der Waals surface area contributed by atoms with Gasteiger partial charge in [0.1, 0.15) is 4.21 Å². The van der Waals surface area contributed by atoms with Crippen molar-refractivity contribution in [3.63, 3.8) is 0 Å². The molecule has 2 N–H and O–H groups in total. The van der Waals surface area contributed by atoms with Crippen molar-refractivity contribution in [3.05, 3.63) is 17.5 Å². The zero-order valence-electron chi connectivity index (χ0n) is 8.41. The molecule has 1 aromatic rings. The summed E-state index contributed by atoms with van der Waals surface area (Å²) < 4.78 is 30.1. The summed E-state index contributed by atoms with van der Waals surface area (Å²) in [6.07, 6.45) is -1.19. The minimum absolute atomic E-state index is 0.146. The van der Waals surface area contributed by atoms with Crippen LogP contribution in [-0.2, 0) is 19.6 Å². The number of ether oxygens (including phenoxy) is 1. The molecular formula is C8H11NO5S2. The molecule has 0 aliphatic heterocycles. The number of rotatable bonds is 6. The van der Waals surface area contributed by atoms with Crippen LogP contribution >= 0.6 is 11.3 Å². The normalized spacial score (nSPS) is 13.6. The molecule has 0 saturated carbocycles. The SMILES string of the molecule is COC(CNS(=O)(=O)c1cccs1)C(=O)O. The van der Waals surface area contributed by atoms with E-state index in [1.807, 2.05) is 0 Å². The van der Waals surface area contributed by atoms with Gasteiger partial charge in [-0.25, -0.2) is 17.9 Å². The van der Waals surface area contributed by atoms with Gasteiger partial charge in [-0.15, -0.1) is 11.3 Å². The molecule has 1 aromatic heterocycles. The monoisotopic (exact) mass is 265 g/mol. The number of nitrogens with one attached hydrogen (secondary N) is 1. The molecule has 90 valence electrons. The van der Waals surface area contributed by atoms with Gasteiger partial charge in [-0.1, -0.05) is 6.07 Å². The Bertz CT molecular complexity index is 439. The highest BCUT2D eigenvalue weighted by molar-refractivity contribution is 7.91. The summed E-state index contributed by atoms with van der Waals surface area (Å²) in [6.45, 7) is -0.300. The zero-order valence-corrected chi connectivity index (χ0v) is 10.0. The first kappa shape index (κ1) is 13.1. The Kier molecular flexibility index (Phi) is 4.42. The van der Waals surface area contributed by atoms with E-state index in [9.17, 15) is 13.2 Å². The van der Waals surface area contributed by atoms with Gasteiger partial charge in [0.25, 0.3) is 0 Å². The average Bonchev–Trinajstić information content (AvgIpc) is 2.71. The Labute approximate surface area is 96.9 Å². The number of carboxylic acid groups (broad SMARTS) is 1. The van der Waals surface area contributed by atoms with E-state index in [-0.39, 0.29) is 10.8 Å². The third-order valence-electron chi connectivity index (χ3n) is 1.78. The van der Waals surface area contributed by atoms with E-state index in [0.717, 1.165) is 11.3 Å². The molecule has 16 heavy (non-hydrogen) atoms. The average molecular weight is 265 g/mol. The largest absolute Gasteiger partial charge is 0.479 e. The van der Waals surface area contributed by atoms with Crippen molar-refractivity contribution in [2.45, 2.75) is 10.3 Å². The summed E-state index contributed by atoms with van der Waals surface area (Å²) in [5.41, 5.74) is 0. The topological polar surface area (TPSA) is 92.7 Å². The maximum Gasteiger partial charge on any atom is 0.334 e. The van der Waals surface area contributed by atoms with Crippen molar-refractivity contribution >= 4 is 27.3 Å². The maximum absolute atomic E-state index is 11.6. The van der Waals surface area contributed by atoms with Gasteiger partial charge in [-0.05, 0) is 11.4 Å². The van der Waals surface area contributed by atoms with Crippen LogP contribution in [0.15, 0.2) is 21.7 Å². The number of hydrogen-bond donors (Lipinski definition) is 2. The fourth-order valence-corrected chi connectivity index (χ4v) is 3.01. The van der Waals surface area contributed by atoms with Crippen molar-refractivity contribution in [3.8, 4) is 0 Å². The van der Waals surface area contributed by atoms with Crippen LogP contribution in [0.3, 0.4) is 0 Å². The Morgan fingerprint density at radius 1 is 1.69 bits per heavy atom. The number of thiophene rings is 1. The molecule has 0 fully saturated rings. The van der Waals surface area contributed by atoms with E-state index in [1.165, 1.54) is 13.2 Å². The minimum atomic E-state index is -3.63. The second-order valence-electron chi connectivity index (χ2n) is 2.85. The van der Waals surface area contributed by atoms with Crippen LogP contribution < -0.4 is 4.72 Å². The molecule has 1 heterocycles. The third kappa shape index (κ3) is 3.27. The lowest BCUT2D eigenvalue weighted by Gasteiger charge is -2.10. The van der Waals surface area contributed by atoms with Gasteiger partial charge in [0.05, 0.1) is 0 Å². The molecule has 0 amide bonds. The molecule has 1 rings (SSSR count). The van der Waals surface area contributed by atoms with Crippen LogP contribution in [-0.4, -0.2) is 39.3 Å². The highest BCUT2D eigenvalue weighted by Crippen LogP contribution is 2.15. The molecule has 6 nitrogen and oxygen atoms in total. The number of carboxylic acids is 1. The Morgan fingerprint density at radius 3 is 2.81 bits per heavy atom. The molecule has 0 aliphatic carbocycles. The molecular weight excluding hydrogens is 254 g/mol. The van der Waals surface area contributed by atoms with Crippen molar-refractivity contribution in [1.29, 1.82) is 0 Å². The zero-order chi connectivity index (χ0) is 12.2. The molecule has 0 aromatic carbocycles. The first-order valence-corrected chi connectivity index (χ1v) is 6.62. The molecule has 0 saturated heterocycles. The lowest BCUT2D eigenvalue weighted by Crippen LogP contribution is -2.37. The van der Waals surface area contributed by atoms with E-state index >= 15 is 0 Å². The smallest absolute Gasteiger partial charge is 0.334 e. The van der Waals surface area contributed by atoms with E-state index in [2.05, 4.69) is 9.46 Å². The van der Waals surface area contributed by atoms with Crippen LogP contribution in [0.5, 0.6) is 0 Å². The third-order valence-corrected chi connectivity index (χ3v) is 4.60. The van der Waals surface area contributed by atoms with Crippen molar-refractivity contribution in [2.24, 2.45) is 0 Å². The van der Waals surface area contributed by atoms with Crippen LogP contribution in [0.2, 0.25) is 0 Å². The predicted octanol–water partition coefficient (Wildman–Crippen LogP) is 0.126. The van der Waals surface area contributed by atoms with Crippen molar-refractivity contribution < 1.29 is 23.1 Å². The number of sulfonamides is 1. The summed E-state index contributed by atoms with van der Waals surface area (Å²) in [4.78, 5) is 10.6.